The van der Waals surface area contributed by atoms with Gasteiger partial charge in [0, 0.05) is 24.9 Å². The largest absolute Gasteiger partial charge is 0.478 e. The lowest BCUT2D eigenvalue weighted by molar-refractivity contribution is -0.132. The minimum Gasteiger partial charge on any atom is -0.478 e. The first-order valence-electron chi connectivity index (χ1n) is 5.33. The number of nitrogens with zero attached hydrogens (tertiary/aromatic N) is 1. The van der Waals surface area contributed by atoms with Crippen molar-refractivity contribution in [3.05, 3.63) is 42.0 Å². The average molecular weight is 219 g/mol. The fourth-order valence-corrected chi connectivity index (χ4v) is 1.42. The number of benzene rings is 1. The van der Waals surface area contributed by atoms with Crippen molar-refractivity contribution < 1.29 is 9.90 Å². The molecule has 0 bridgehead atoms. The quantitative estimate of drug-likeness (QED) is 0.774. The van der Waals surface area contributed by atoms with Crippen molar-refractivity contribution in [3.63, 3.8) is 0 Å². The molecule has 0 fully saturated rings. The number of rotatable bonds is 5. The summed E-state index contributed by atoms with van der Waals surface area (Å²) in [6.45, 7) is 2.46. The molecule has 0 amide bonds. The van der Waals surface area contributed by atoms with Crippen LogP contribution in [-0.2, 0) is 4.79 Å². The Morgan fingerprint density at radius 2 is 2.00 bits per heavy atom. The monoisotopic (exact) mass is 219 g/mol. The lowest BCUT2D eigenvalue weighted by Gasteiger charge is -2.17. The molecule has 0 aromatic heterocycles. The van der Waals surface area contributed by atoms with E-state index < -0.39 is 5.97 Å². The molecule has 0 heterocycles. The number of carboxylic acids is 1. The molecule has 3 nitrogen and oxygen atoms in total. The molecule has 0 saturated carbocycles. The molecular formula is C13H17NO2. The Morgan fingerprint density at radius 3 is 2.50 bits per heavy atom. The van der Waals surface area contributed by atoms with Gasteiger partial charge in [-0.1, -0.05) is 31.2 Å². The van der Waals surface area contributed by atoms with Crippen LogP contribution >= 0.6 is 0 Å². The van der Waals surface area contributed by atoms with Crippen LogP contribution in [0, 0.1) is 0 Å². The van der Waals surface area contributed by atoms with E-state index in [1.54, 1.807) is 6.08 Å². The Morgan fingerprint density at radius 1 is 1.38 bits per heavy atom. The standard InChI is InChI=1S/C13H17NO2/c1-3-11(13(15)16)9-10-14(2)12-7-5-4-6-8-12/h4-9H,3,10H2,1-2H3,(H,15,16). The third-order valence-corrected chi connectivity index (χ3v) is 2.46. The third-order valence-electron chi connectivity index (χ3n) is 2.46. The van der Waals surface area contributed by atoms with Crippen molar-refractivity contribution in [2.45, 2.75) is 13.3 Å². The summed E-state index contributed by atoms with van der Waals surface area (Å²) in [6.07, 6.45) is 2.31. The van der Waals surface area contributed by atoms with E-state index in [1.165, 1.54) is 0 Å². The molecule has 3 heteroatoms. The molecule has 86 valence electrons. The second kappa shape index (κ2) is 5.95. The molecule has 0 aliphatic heterocycles. The number of anilines is 1. The second-order valence-electron chi connectivity index (χ2n) is 3.60. The maximum absolute atomic E-state index is 10.8. The van der Waals surface area contributed by atoms with E-state index in [1.807, 2.05) is 49.2 Å². The van der Waals surface area contributed by atoms with Crippen LogP contribution in [0.4, 0.5) is 5.69 Å². The molecule has 1 aromatic carbocycles. The van der Waals surface area contributed by atoms with Gasteiger partial charge in [-0.05, 0) is 18.6 Å². The summed E-state index contributed by atoms with van der Waals surface area (Å²) in [5.41, 5.74) is 1.54. The summed E-state index contributed by atoms with van der Waals surface area (Å²) in [4.78, 5) is 12.8. The van der Waals surface area contributed by atoms with Crippen molar-refractivity contribution in [1.82, 2.24) is 0 Å². The van der Waals surface area contributed by atoms with Crippen LogP contribution < -0.4 is 4.90 Å². The molecule has 1 rings (SSSR count). The van der Waals surface area contributed by atoms with E-state index in [0.717, 1.165) is 5.69 Å². The Labute approximate surface area is 96.0 Å². The van der Waals surface area contributed by atoms with Crippen LogP contribution in [0.15, 0.2) is 42.0 Å². The average Bonchev–Trinajstić information content (AvgIpc) is 2.30. The molecule has 0 atom stereocenters. The van der Waals surface area contributed by atoms with Gasteiger partial charge in [-0.3, -0.25) is 0 Å². The van der Waals surface area contributed by atoms with Crippen molar-refractivity contribution in [2.24, 2.45) is 0 Å². The topological polar surface area (TPSA) is 40.5 Å². The van der Waals surface area contributed by atoms with Crippen molar-refractivity contribution in [1.29, 1.82) is 0 Å². The first kappa shape index (κ1) is 12.3. The third kappa shape index (κ3) is 3.42. The van der Waals surface area contributed by atoms with Gasteiger partial charge in [0.2, 0.25) is 0 Å². The van der Waals surface area contributed by atoms with E-state index in [9.17, 15) is 4.79 Å². The number of carbonyl (C=O) groups is 1. The van der Waals surface area contributed by atoms with E-state index in [-0.39, 0.29) is 0 Å². The van der Waals surface area contributed by atoms with Crippen LogP contribution in [0.3, 0.4) is 0 Å². The highest BCUT2D eigenvalue weighted by Gasteiger charge is 2.04. The zero-order valence-electron chi connectivity index (χ0n) is 9.68. The Kier molecular flexibility index (Phi) is 4.58. The molecule has 16 heavy (non-hydrogen) atoms. The Hall–Kier alpha value is -1.77. The molecular weight excluding hydrogens is 202 g/mol. The molecule has 1 aromatic rings. The first-order valence-corrected chi connectivity index (χ1v) is 5.33. The van der Waals surface area contributed by atoms with Gasteiger partial charge in [-0.25, -0.2) is 4.79 Å². The number of hydrogen-bond donors (Lipinski definition) is 1. The minimum absolute atomic E-state index is 0.461. The van der Waals surface area contributed by atoms with E-state index in [0.29, 0.717) is 18.5 Å². The highest BCUT2D eigenvalue weighted by atomic mass is 16.4. The SMILES string of the molecule is CCC(=CCN(C)c1ccccc1)C(=O)O. The van der Waals surface area contributed by atoms with Gasteiger partial charge in [0.25, 0.3) is 0 Å². The summed E-state index contributed by atoms with van der Waals surface area (Å²) in [7, 11) is 1.95. The van der Waals surface area contributed by atoms with Crippen LogP contribution in [0.1, 0.15) is 13.3 Å². The zero-order valence-corrected chi connectivity index (χ0v) is 9.68. The number of aliphatic carboxylic acids is 1. The van der Waals surface area contributed by atoms with Crippen molar-refractivity contribution in [2.75, 3.05) is 18.5 Å². The zero-order chi connectivity index (χ0) is 12.0. The van der Waals surface area contributed by atoms with Gasteiger partial charge >= 0.3 is 5.97 Å². The number of likely N-dealkylation sites (N-methyl/N-ethyl adjacent to an activating group) is 1. The van der Waals surface area contributed by atoms with Crippen LogP contribution in [-0.4, -0.2) is 24.7 Å². The normalized spacial score (nSPS) is 11.2. The predicted molar refractivity (Wildman–Crippen MR) is 65.7 cm³/mol. The fraction of sp³-hybridized carbons (Fsp3) is 0.308. The maximum atomic E-state index is 10.8. The smallest absolute Gasteiger partial charge is 0.331 e. The van der Waals surface area contributed by atoms with E-state index in [4.69, 9.17) is 5.11 Å². The first-order chi connectivity index (χ1) is 7.65. The van der Waals surface area contributed by atoms with Gasteiger partial charge in [0.15, 0.2) is 0 Å². The van der Waals surface area contributed by atoms with Gasteiger partial charge in [-0.15, -0.1) is 0 Å². The molecule has 0 saturated heterocycles. The Bertz CT molecular complexity index is 371. The van der Waals surface area contributed by atoms with Gasteiger partial charge in [-0.2, -0.15) is 0 Å². The number of hydrogen-bond acceptors (Lipinski definition) is 2. The molecule has 1 N–H and O–H groups in total. The summed E-state index contributed by atoms with van der Waals surface area (Å²) < 4.78 is 0. The van der Waals surface area contributed by atoms with E-state index in [2.05, 4.69) is 0 Å². The lowest BCUT2D eigenvalue weighted by atomic mass is 10.2. The van der Waals surface area contributed by atoms with Crippen LogP contribution in [0.25, 0.3) is 0 Å². The van der Waals surface area contributed by atoms with Gasteiger partial charge in [0.1, 0.15) is 0 Å². The van der Waals surface area contributed by atoms with Crippen LogP contribution in [0.2, 0.25) is 0 Å². The van der Waals surface area contributed by atoms with Crippen molar-refractivity contribution in [3.8, 4) is 0 Å². The fourth-order valence-electron chi connectivity index (χ4n) is 1.42. The highest BCUT2D eigenvalue weighted by molar-refractivity contribution is 5.86. The molecule has 0 spiro atoms. The Balaban J connectivity index is 2.65. The van der Waals surface area contributed by atoms with E-state index >= 15 is 0 Å². The lowest BCUT2D eigenvalue weighted by Crippen LogP contribution is -2.17. The number of para-hydroxylation sites is 1. The molecule has 0 radical (unpaired) electrons. The summed E-state index contributed by atoms with van der Waals surface area (Å²) >= 11 is 0. The molecule has 0 unspecified atom stereocenters. The predicted octanol–water partition coefficient (Wildman–Crippen LogP) is 2.54. The summed E-state index contributed by atoms with van der Waals surface area (Å²) in [6, 6.07) is 9.89. The number of carboxylic acid groups (broad SMARTS) is 1. The van der Waals surface area contributed by atoms with Gasteiger partial charge < -0.3 is 10.0 Å². The van der Waals surface area contributed by atoms with Crippen LogP contribution in [0.5, 0.6) is 0 Å². The highest BCUT2D eigenvalue weighted by Crippen LogP contribution is 2.11. The minimum atomic E-state index is -0.830. The van der Waals surface area contributed by atoms with Crippen molar-refractivity contribution >= 4 is 11.7 Å². The summed E-state index contributed by atoms with van der Waals surface area (Å²) in [5, 5.41) is 8.87. The second-order valence-corrected chi connectivity index (χ2v) is 3.60. The molecule has 0 aliphatic rings. The van der Waals surface area contributed by atoms with Gasteiger partial charge in [0.05, 0.1) is 0 Å². The maximum Gasteiger partial charge on any atom is 0.331 e. The molecule has 0 aliphatic carbocycles. The summed E-state index contributed by atoms with van der Waals surface area (Å²) in [5.74, 6) is -0.830.